The van der Waals surface area contributed by atoms with Gasteiger partial charge in [-0.2, -0.15) is 5.10 Å². The molecule has 0 aliphatic carbocycles. The van der Waals surface area contributed by atoms with Crippen LogP contribution in [0.1, 0.15) is 18.1 Å². The van der Waals surface area contributed by atoms with E-state index < -0.39 is 11.6 Å². The number of carbonyl (C=O) groups excluding carboxylic acids is 2. The highest BCUT2D eigenvalue weighted by Gasteiger charge is 2.48. The van der Waals surface area contributed by atoms with Crippen molar-refractivity contribution in [2.24, 2.45) is 10.9 Å². The number of benzene rings is 1. The lowest BCUT2D eigenvalue weighted by Crippen LogP contribution is -2.41. The summed E-state index contributed by atoms with van der Waals surface area (Å²) in [5.74, 6) is 4.74. The normalized spacial score (nSPS) is 23.8. The van der Waals surface area contributed by atoms with Gasteiger partial charge < -0.3 is 10.7 Å². The molecule has 3 amide bonds. The number of nitrogens with one attached hydrogen (secondary N) is 1. The highest BCUT2D eigenvalue weighted by molar-refractivity contribution is 6.07. The summed E-state index contributed by atoms with van der Waals surface area (Å²) in [6.07, 6.45) is 1.51. The van der Waals surface area contributed by atoms with E-state index >= 15 is 0 Å². The fourth-order valence-electron chi connectivity index (χ4n) is 1.96. The fourth-order valence-corrected chi connectivity index (χ4v) is 1.96. The van der Waals surface area contributed by atoms with Gasteiger partial charge in [0.1, 0.15) is 5.54 Å². The number of nitrogens with zero attached hydrogens (tertiary/aromatic N) is 2. The third kappa shape index (κ3) is 1.62. The highest BCUT2D eigenvalue weighted by Crippen LogP contribution is 2.31. The van der Waals surface area contributed by atoms with Crippen molar-refractivity contribution in [1.82, 2.24) is 10.2 Å². The zero-order valence-corrected chi connectivity index (χ0v) is 10.2. The van der Waals surface area contributed by atoms with E-state index in [0.29, 0.717) is 0 Å². The monoisotopic (exact) mass is 246 g/mol. The average molecular weight is 246 g/mol. The first-order valence-corrected chi connectivity index (χ1v) is 5.43. The van der Waals surface area contributed by atoms with Gasteiger partial charge in [0.05, 0.1) is 6.21 Å². The molecule has 0 unspecified atom stereocenters. The maximum Gasteiger partial charge on any atom is 0.325 e. The molecule has 1 saturated heterocycles. The van der Waals surface area contributed by atoms with Gasteiger partial charge in [-0.3, -0.25) is 10.1 Å². The molecule has 18 heavy (non-hydrogen) atoms. The Hall–Kier alpha value is -2.37. The number of hydrogen-bond donors (Lipinski definition) is 2. The van der Waals surface area contributed by atoms with Crippen molar-refractivity contribution in [1.29, 1.82) is 0 Å². The van der Waals surface area contributed by atoms with E-state index in [4.69, 9.17) is 5.84 Å². The Bertz CT molecular complexity index is 523. The van der Waals surface area contributed by atoms with Crippen molar-refractivity contribution >= 4 is 18.2 Å². The second kappa shape index (κ2) is 4.14. The number of carbonyl (C=O) groups is 2. The molecule has 1 aromatic rings. The smallest absolute Gasteiger partial charge is 0.323 e. The molecule has 1 aliphatic rings. The lowest BCUT2D eigenvalue weighted by molar-refractivity contribution is -0.125. The molecule has 1 atom stereocenters. The molecule has 1 fully saturated rings. The minimum atomic E-state index is -0.977. The zero-order valence-electron chi connectivity index (χ0n) is 10.2. The number of likely N-dealkylation sites (N-methyl/N-ethyl adjacent to an activating group) is 1. The Kier molecular flexibility index (Phi) is 2.78. The number of imide groups is 1. The van der Waals surface area contributed by atoms with E-state index in [1.54, 1.807) is 38.2 Å². The molecular formula is C12H14N4O2. The van der Waals surface area contributed by atoms with Gasteiger partial charge in [-0.1, -0.05) is 24.3 Å². The first-order valence-electron chi connectivity index (χ1n) is 5.43. The fraction of sp³-hybridized carbons (Fsp3) is 0.250. The molecule has 1 aliphatic heterocycles. The first-order chi connectivity index (χ1) is 8.50. The number of amides is 3. The van der Waals surface area contributed by atoms with Crippen LogP contribution in [0.2, 0.25) is 0 Å². The van der Waals surface area contributed by atoms with Crippen molar-refractivity contribution in [3.05, 3.63) is 35.4 Å². The second-order valence-electron chi connectivity index (χ2n) is 4.29. The van der Waals surface area contributed by atoms with Gasteiger partial charge >= 0.3 is 6.03 Å². The summed E-state index contributed by atoms with van der Waals surface area (Å²) < 4.78 is 0. The van der Waals surface area contributed by atoms with Crippen LogP contribution in [0.4, 0.5) is 4.79 Å². The minimum Gasteiger partial charge on any atom is -0.323 e. The molecule has 0 bridgehead atoms. The lowest BCUT2D eigenvalue weighted by atomic mass is 9.90. The van der Waals surface area contributed by atoms with E-state index in [2.05, 4.69) is 10.4 Å². The third-order valence-corrected chi connectivity index (χ3v) is 3.33. The van der Waals surface area contributed by atoms with Crippen LogP contribution in [0.5, 0.6) is 0 Å². The average Bonchev–Trinajstić information content (AvgIpc) is 2.56. The Morgan fingerprint density at radius 3 is 2.39 bits per heavy atom. The van der Waals surface area contributed by atoms with E-state index in [1.165, 1.54) is 11.1 Å². The standard InChI is InChI=1S/C12H14N4O2/c1-12(10(17)15-11(18)16(12)2)9-5-3-8(4-6-9)7-14-13/h3-7H,13H2,1-2H3,(H,15,17,18)/t12-/m1/s1. The number of hydrazone groups is 1. The van der Waals surface area contributed by atoms with Crippen molar-refractivity contribution in [2.75, 3.05) is 7.05 Å². The van der Waals surface area contributed by atoms with Crippen LogP contribution in [-0.4, -0.2) is 30.1 Å². The van der Waals surface area contributed by atoms with Crippen molar-refractivity contribution in [3.8, 4) is 0 Å². The molecule has 1 aromatic carbocycles. The van der Waals surface area contributed by atoms with Gasteiger partial charge in [0.2, 0.25) is 0 Å². The first kappa shape index (κ1) is 12.1. The van der Waals surface area contributed by atoms with Gasteiger partial charge in [0.15, 0.2) is 0 Å². The maximum absolute atomic E-state index is 11.9. The van der Waals surface area contributed by atoms with Gasteiger partial charge in [0.25, 0.3) is 5.91 Å². The number of urea groups is 1. The summed E-state index contributed by atoms with van der Waals surface area (Å²) in [5, 5.41) is 5.72. The molecule has 0 radical (unpaired) electrons. The third-order valence-electron chi connectivity index (χ3n) is 3.33. The quantitative estimate of drug-likeness (QED) is 0.342. The summed E-state index contributed by atoms with van der Waals surface area (Å²) >= 11 is 0. The largest absolute Gasteiger partial charge is 0.325 e. The van der Waals surface area contributed by atoms with E-state index in [0.717, 1.165) is 11.1 Å². The zero-order chi connectivity index (χ0) is 13.3. The predicted molar refractivity (Wildman–Crippen MR) is 66.9 cm³/mol. The van der Waals surface area contributed by atoms with Gasteiger partial charge in [-0.25, -0.2) is 4.79 Å². The topological polar surface area (TPSA) is 87.8 Å². The minimum absolute atomic E-state index is 0.324. The molecule has 0 saturated carbocycles. The molecule has 3 N–H and O–H groups in total. The number of rotatable bonds is 2. The van der Waals surface area contributed by atoms with Crippen molar-refractivity contribution < 1.29 is 9.59 Å². The van der Waals surface area contributed by atoms with E-state index in [9.17, 15) is 9.59 Å². The van der Waals surface area contributed by atoms with Crippen molar-refractivity contribution in [3.63, 3.8) is 0 Å². The summed E-state index contributed by atoms with van der Waals surface area (Å²) in [7, 11) is 1.59. The molecule has 0 spiro atoms. The number of hydrogen-bond acceptors (Lipinski definition) is 4. The Morgan fingerprint density at radius 1 is 1.33 bits per heavy atom. The van der Waals surface area contributed by atoms with Crippen LogP contribution in [0, 0.1) is 0 Å². The van der Waals surface area contributed by atoms with Crippen LogP contribution in [0.25, 0.3) is 0 Å². The van der Waals surface area contributed by atoms with E-state index in [1.807, 2.05) is 0 Å². The van der Waals surface area contributed by atoms with E-state index in [-0.39, 0.29) is 5.91 Å². The van der Waals surface area contributed by atoms with Crippen LogP contribution in [0.15, 0.2) is 29.4 Å². The second-order valence-corrected chi connectivity index (χ2v) is 4.29. The summed E-state index contributed by atoms with van der Waals surface area (Å²) in [5.41, 5.74) is 0.593. The lowest BCUT2D eigenvalue weighted by Gasteiger charge is -2.28. The van der Waals surface area contributed by atoms with Gasteiger partial charge in [-0.15, -0.1) is 0 Å². The SMILES string of the molecule is CN1C(=O)NC(=O)[C@@]1(C)c1ccc(C=NN)cc1. The molecule has 2 rings (SSSR count). The summed E-state index contributed by atoms with van der Waals surface area (Å²) in [6, 6.07) is 6.76. The van der Waals surface area contributed by atoms with Gasteiger partial charge in [0, 0.05) is 7.05 Å². The summed E-state index contributed by atoms with van der Waals surface area (Å²) in [6.45, 7) is 1.71. The van der Waals surface area contributed by atoms with Crippen molar-refractivity contribution in [2.45, 2.75) is 12.5 Å². The Labute approximate surface area is 104 Å². The van der Waals surface area contributed by atoms with Crippen LogP contribution in [-0.2, 0) is 10.3 Å². The van der Waals surface area contributed by atoms with Crippen LogP contribution >= 0.6 is 0 Å². The molecule has 94 valence electrons. The Balaban J connectivity index is 2.41. The van der Waals surface area contributed by atoms with Gasteiger partial charge in [-0.05, 0) is 18.1 Å². The molecule has 6 nitrogen and oxygen atoms in total. The summed E-state index contributed by atoms with van der Waals surface area (Å²) in [4.78, 5) is 24.8. The van der Waals surface area contributed by atoms with Crippen LogP contribution < -0.4 is 11.2 Å². The molecular weight excluding hydrogens is 232 g/mol. The number of nitrogens with two attached hydrogens (primary N) is 1. The Morgan fingerprint density at radius 2 is 1.94 bits per heavy atom. The molecule has 0 aromatic heterocycles. The van der Waals surface area contributed by atoms with Crippen LogP contribution in [0.3, 0.4) is 0 Å². The highest BCUT2D eigenvalue weighted by atomic mass is 16.2. The predicted octanol–water partition coefficient (Wildman–Crippen LogP) is 0.376. The molecule has 6 heteroatoms. The molecule has 1 heterocycles. The maximum atomic E-state index is 11.9.